The molecule has 6 nitrogen and oxygen atoms in total. The minimum Gasteiger partial charge on any atom is -0.356 e. The van der Waals surface area contributed by atoms with Crippen LogP contribution in [-0.2, 0) is 0 Å². The lowest BCUT2D eigenvalue weighted by Gasteiger charge is -2.29. The molecular weight excluding hydrogens is 470 g/mol. The molecule has 0 radical (unpaired) electrons. The summed E-state index contributed by atoms with van der Waals surface area (Å²) in [4.78, 5) is 13.1. The molecule has 2 aliphatic heterocycles. The molecule has 3 rings (SSSR count). The van der Waals surface area contributed by atoms with Crippen LogP contribution in [0.4, 0.5) is 10.2 Å². The summed E-state index contributed by atoms with van der Waals surface area (Å²) < 4.78 is 13.9. The van der Waals surface area contributed by atoms with E-state index in [1.54, 1.807) is 19.3 Å². The molecule has 0 saturated carbocycles. The Morgan fingerprint density at radius 2 is 2.11 bits per heavy atom. The number of hydrogen-bond donors (Lipinski definition) is 2. The van der Waals surface area contributed by atoms with Crippen molar-refractivity contribution in [1.82, 2.24) is 20.5 Å². The zero-order valence-corrected chi connectivity index (χ0v) is 19.4. The van der Waals surface area contributed by atoms with E-state index in [4.69, 9.17) is 0 Å². The molecule has 1 aromatic rings. The summed E-state index contributed by atoms with van der Waals surface area (Å²) in [6.45, 7) is 8.34. The van der Waals surface area contributed by atoms with Gasteiger partial charge < -0.3 is 20.4 Å². The second kappa shape index (κ2) is 11.7. The van der Waals surface area contributed by atoms with E-state index in [-0.39, 0.29) is 35.8 Å². The second-order valence-electron chi connectivity index (χ2n) is 7.80. The van der Waals surface area contributed by atoms with Gasteiger partial charge in [-0.2, -0.15) is 0 Å². The number of pyridine rings is 1. The van der Waals surface area contributed by atoms with Gasteiger partial charge in [0.05, 0.1) is 0 Å². The monoisotopic (exact) mass is 504 g/mol. The maximum atomic E-state index is 13.9. The Kier molecular flexibility index (Phi) is 9.70. The first-order valence-corrected chi connectivity index (χ1v) is 10.2. The third-order valence-corrected chi connectivity index (χ3v) is 5.43. The SMILES string of the molecule is CN=C(NCC(C)CN1CCCCC1)NC1CCN(c2ncccc2F)C1.I. The van der Waals surface area contributed by atoms with E-state index in [1.165, 1.54) is 38.4 Å². The van der Waals surface area contributed by atoms with Crippen LogP contribution in [0.15, 0.2) is 23.3 Å². The van der Waals surface area contributed by atoms with Gasteiger partial charge in [-0.3, -0.25) is 4.99 Å². The summed E-state index contributed by atoms with van der Waals surface area (Å²) >= 11 is 0. The number of aromatic nitrogens is 1. The van der Waals surface area contributed by atoms with E-state index in [2.05, 4.69) is 32.4 Å². The number of likely N-dealkylation sites (tertiary alicyclic amines) is 1. The lowest BCUT2D eigenvalue weighted by Crippen LogP contribution is -2.47. The van der Waals surface area contributed by atoms with Gasteiger partial charge in [-0.1, -0.05) is 13.3 Å². The third kappa shape index (κ3) is 6.72. The van der Waals surface area contributed by atoms with Gasteiger partial charge >= 0.3 is 0 Å². The van der Waals surface area contributed by atoms with Gasteiger partial charge in [0.25, 0.3) is 0 Å². The van der Waals surface area contributed by atoms with Crippen molar-refractivity contribution in [1.29, 1.82) is 0 Å². The maximum absolute atomic E-state index is 13.9. The standard InChI is InChI=1S/C20H33FN6.HI/c1-16(14-26-10-4-3-5-11-26)13-24-20(22-2)25-17-8-12-27(15-17)19-18(21)7-6-9-23-19;/h6-7,9,16-17H,3-5,8,10-15H2,1-2H3,(H2,22,24,25);1H. The number of piperidine rings is 1. The van der Waals surface area contributed by atoms with Crippen molar-refractivity contribution in [3.8, 4) is 0 Å². The van der Waals surface area contributed by atoms with Crippen molar-refractivity contribution in [2.45, 2.75) is 38.6 Å². The Morgan fingerprint density at radius 1 is 1.32 bits per heavy atom. The van der Waals surface area contributed by atoms with Crippen LogP contribution in [0.2, 0.25) is 0 Å². The first-order valence-electron chi connectivity index (χ1n) is 10.2. The summed E-state index contributed by atoms with van der Waals surface area (Å²) in [5.41, 5.74) is 0. The molecule has 0 spiro atoms. The average Bonchev–Trinajstić information content (AvgIpc) is 3.14. The molecule has 0 aromatic carbocycles. The number of nitrogens with one attached hydrogen (secondary N) is 2. The van der Waals surface area contributed by atoms with E-state index in [0.717, 1.165) is 38.6 Å². The highest BCUT2D eigenvalue weighted by Gasteiger charge is 2.26. The number of anilines is 1. The molecule has 2 unspecified atom stereocenters. The van der Waals surface area contributed by atoms with Gasteiger partial charge in [0.2, 0.25) is 0 Å². The Hall–Kier alpha value is -1.16. The lowest BCUT2D eigenvalue weighted by atomic mass is 10.1. The molecular formula is C20H34FIN6. The second-order valence-corrected chi connectivity index (χ2v) is 7.80. The number of aliphatic imine (C=N–C) groups is 1. The van der Waals surface area contributed by atoms with Gasteiger partial charge in [-0.25, -0.2) is 9.37 Å². The van der Waals surface area contributed by atoms with Crippen LogP contribution in [0, 0.1) is 11.7 Å². The molecule has 2 saturated heterocycles. The van der Waals surface area contributed by atoms with Crippen molar-refractivity contribution in [3.63, 3.8) is 0 Å². The van der Waals surface area contributed by atoms with E-state index in [1.807, 2.05) is 4.90 Å². The molecule has 2 N–H and O–H groups in total. The number of rotatable bonds is 6. The largest absolute Gasteiger partial charge is 0.356 e. The summed E-state index contributed by atoms with van der Waals surface area (Å²) in [7, 11) is 1.80. The van der Waals surface area contributed by atoms with E-state index >= 15 is 0 Å². The summed E-state index contributed by atoms with van der Waals surface area (Å²) in [5, 5.41) is 6.93. The predicted molar refractivity (Wildman–Crippen MR) is 124 cm³/mol. The van der Waals surface area contributed by atoms with Gasteiger partial charge in [0, 0.05) is 45.5 Å². The molecule has 0 aliphatic carbocycles. The van der Waals surface area contributed by atoms with Crippen LogP contribution in [0.3, 0.4) is 0 Å². The number of nitrogens with zero attached hydrogens (tertiary/aromatic N) is 4. The molecule has 8 heteroatoms. The Labute approximate surface area is 185 Å². The Balaban J connectivity index is 0.00000280. The first-order chi connectivity index (χ1) is 13.2. The van der Waals surface area contributed by atoms with Gasteiger partial charge in [-0.15, -0.1) is 24.0 Å². The molecule has 2 fully saturated rings. The van der Waals surface area contributed by atoms with Gasteiger partial charge in [0.15, 0.2) is 17.6 Å². The highest BCUT2D eigenvalue weighted by Crippen LogP contribution is 2.20. The lowest BCUT2D eigenvalue weighted by molar-refractivity contribution is 0.201. The van der Waals surface area contributed by atoms with Crippen LogP contribution in [0.5, 0.6) is 0 Å². The maximum Gasteiger partial charge on any atom is 0.191 e. The topological polar surface area (TPSA) is 55.8 Å². The normalized spacial score (nSPS) is 21.9. The summed E-state index contributed by atoms with van der Waals surface area (Å²) in [6, 6.07) is 3.34. The van der Waals surface area contributed by atoms with E-state index in [0.29, 0.717) is 11.7 Å². The van der Waals surface area contributed by atoms with Crippen molar-refractivity contribution in [2.24, 2.45) is 10.9 Å². The van der Waals surface area contributed by atoms with Crippen LogP contribution >= 0.6 is 24.0 Å². The fourth-order valence-corrected chi connectivity index (χ4v) is 3.99. The quantitative estimate of drug-likeness (QED) is 0.355. The summed E-state index contributed by atoms with van der Waals surface area (Å²) in [5.74, 6) is 1.59. The van der Waals surface area contributed by atoms with Crippen molar-refractivity contribution in [3.05, 3.63) is 24.1 Å². The van der Waals surface area contributed by atoms with E-state index in [9.17, 15) is 4.39 Å². The smallest absolute Gasteiger partial charge is 0.191 e. The predicted octanol–water partition coefficient (Wildman–Crippen LogP) is 2.70. The fraction of sp³-hybridized carbons (Fsp3) is 0.700. The zero-order chi connectivity index (χ0) is 19.1. The van der Waals surface area contributed by atoms with Gasteiger partial charge in [0.1, 0.15) is 0 Å². The molecule has 2 atom stereocenters. The highest BCUT2D eigenvalue weighted by atomic mass is 127. The van der Waals surface area contributed by atoms with Crippen molar-refractivity contribution < 1.29 is 4.39 Å². The van der Waals surface area contributed by atoms with Crippen LogP contribution < -0.4 is 15.5 Å². The molecule has 1 aromatic heterocycles. The molecule has 0 bridgehead atoms. The number of halogens is 2. The molecule has 28 heavy (non-hydrogen) atoms. The van der Waals surface area contributed by atoms with E-state index < -0.39 is 0 Å². The third-order valence-electron chi connectivity index (χ3n) is 5.43. The minimum absolute atomic E-state index is 0. The highest BCUT2D eigenvalue weighted by molar-refractivity contribution is 14.0. The Bertz CT molecular complexity index is 622. The van der Waals surface area contributed by atoms with Crippen LogP contribution in [-0.4, -0.2) is 68.2 Å². The fourth-order valence-electron chi connectivity index (χ4n) is 3.99. The molecule has 3 heterocycles. The minimum atomic E-state index is -0.257. The van der Waals surface area contributed by atoms with Crippen LogP contribution in [0.25, 0.3) is 0 Å². The van der Waals surface area contributed by atoms with Crippen molar-refractivity contribution >= 4 is 35.8 Å². The number of hydrogen-bond acceptors (Lipinski definition) is 4. The zero-order valence-electron chi connectivity index (χ0n) is 17.0. The van der Waals surface area contributed by atoms with Crippen molar-refractivity contribution in [2.75, 3.05) is 51.2 Å². The van der Waals surface area contributed by atoms with Gasteiger partial charge in [-0.05, 0) is 50.4 Å². The van der Waals surface area contributed by atoms with Crippen LogP contribution in [0.1, 0.15) is 32.6 Å². The number of guanidine groups is 1. The summed E-state index contributed by atoms with van der Waals surface area (Å²) in [6.07, 6.45) is 6.63. The molecule has 2 aliphatic rings. The first kappa shape index (κ1) is 23.1. The Morgan fingerprint density at radius 3 is 2.82 bits per heavy atom. The molecule has 158 valence electrons. The molecule has 0 amide bonds. The average molecular weight is 504 g/mol.